The molecular weight excluding hydrogens is 292 g/mol. The fraction of sp³-hybridized carbons (Fsp3) is 0.400. The van der Waals surface area contributed by atoms with E-state index in [4.69, 9.17) is 17.3 Å². The van der Waals surface area contributed by atoms with Gasteiger partial charge < -0.3 is 15.7 Å². The molecule has 21 heavy (non-hydrogen) atoms. The van der Waals surface area contributed by atoms with Crippen LogP contribution in [0.25, 0.3) is 0 Å². The average molecular weight is 310 g/mol. The van der Waals surface area contributed by atoms with Crippen LogP contribution < -0.4 is 5.73 Å². The highest BCUT2D eigenvalue weighted by Gasteiger charge is 2.34. The van der Waals surface area contributed by atoms with E-state index < -0.39 is 18.1 Å². The van der Waals surface area contributed by atoms with Gasteiger partial charge in [-0.05, 0) is 24.5 Å². The topological polar surface area (TPSA) is 83.6 Å². The molecule has 1 aromatic rings. The van der Waals surface area contributed by atoms with Crippen LogP contribution in [0.1, 0.15) is 18.4 Å². The summed E-state index contributed by atoms with van der Waals surface area (Å²) in [7, 11) is 0. The molecule has 2 amide bonds. The zero-order chi connectivity index (χ0) is 15.4. The van der Waals surface area contributed by atoms with E-state index in [-0.39, 0.29) is 12.3 Å². The molecule has 0 bridgehead atoms. The number of halogens is 1. The first kappa shape index (κ1) is 15.8. The Morgan fingerprint density at radius 3 is 2.81 bits per heavy atom. The zero-order valence-electron chi connectivity index (χ0n) is 11.5. The van der Waals surface area contributed by atoms with Crippen LogP contribution in [0.4, 0.5) is 0 Å². The maximum absolute atomic E-state index is 12.2. The van der Waals surface area contributed by atoms with Crippen molar-refractivity contribution in [2.75, 3.05) is 6.54 Å². The van der Waals surface area contributed by atoms with Crippen molar-refractivity contribution >= 4 is 23.4 Å². The Morgan fingerprint density at radius 1 is 1.43 bits per heavy atom. The van der Waals surface area contributed by atoms with Gasteiger partial charge in [-0.1, -0.05) is 29.8 Å². The van der Waals surface area contributed by atoms with E-state index in [1.165, 1.54) is 11.3 Å². The predicted molar refractivity (Wildman–Crippen MR) is 79.4 cm³/mol. The number of hydrogen-bond donors (Lipinski definition) is 2. The van der Waals surface area contributed by atoms with Gasteiger partial charge in [-0.25, -0.2) is 0 Å². The van der Waals surface area contributed by atoms with Gasteiger partial charge in [0.2, 0.25) is 11.8 Å². The number of aliphatic hydroxyl groups excluding tert-OH is 1. The normalized spacial score (nSPS) is 22.1. The van der Waals surface area contributed by atoms with Crippen molar-refractivity contribution in [3.8, 4) is 0 Å². The third-order valence-corrected chi connectivity index (χ3v) is 4.01. The summed E-state index contributed by atoms with van der Waals surface area (Å²) in [4.78, 5) is 25.1. The number of hydrogen-bond acceptors (Lipinski definition) is 3. The van der Waals surface area contributed by atoms with Crippen molar-refractivity contribution in [1.82, 2.24) is 4.90 Å². The van der Waals surface area contributed by atoms with Gasteiger partial charge in [0, 0.05) is 18.0 Å². The number of benzene rings is 1. The molecule has 3 N–H and O–H groups in total. The lowest BCUT2D eigenvalue weighted by atomic mass is 9.98. The molecule has 2 rings (SSSR count). The zero-order valence-corrected chi connectivity index (χ0v) is 12.3. The molecule has 113 valence electrons. The summed E-state index contributed by atoms with van der Waals surface area (Å²) in [6, 6.07) is 6.53. The van der Waals surface area contributed by atoms with Crippen LogP contribution in [0.3, 0.4) is 0 Å². The van der Waals surface area contributed by atoms with Crippen molar-refractivity contribution in [1.29, 1.82) is 0 Å². The van der Waals surface area contributed by atoms with Crippen LogP contribution in [-0.2, 0) is 16.0 Å². The quantitative estimate of drug-likeness (QED) is 0.867. The highest BCUT2D eigenvalue weighted by molar-refractivity contribution is 6.31. The SMILES string of the molecule is NC(=O)C1CC(O)CCN1C(=O)[CH]Cc1ccccc1Cl. The summed E-state index contributed by atoms with van der Waals surface area (Å²) in [6.07, 6.45) is 1.95. The van der Waals surface area contributed by atoms with E-state index in [2.05, 4.69) is 0 Å². The first-order valence-corrected chi connectivity index (χ1v) is 7.21. The second-order valence-corrected chi connectivity index (χ2v) is 5.53. The molecule has 1 heterocycles. The summed E-state index contributed by atoms with van der Waals surface area (Å²) in [6.45, 7) is 0.326. The average Bonchev–Trinajstić information content (AvgIpc) is 2.46. The number of nitrogens with two attached hydrogens (primary N) is 1. The van der Waals surface area contributed by atoms with Gasteiger partial charge in [0.1, 0.15) is 6.04 Å². The number of carbonyl (C=O) groups excluding carboxylic acids is 2. The number of aliphatic hydroxyl groups is 1. The molecule has 0 saturated carbocycles. The Morgan fingerprint density at radius 2 is 2.14 bits per heavy atom. The molecule has 2 atom stereocenters. The molecule has 1 aromatic carbocycles. The minimum Gasteiger partial charge on any atom is -0.393 e. The highest BCUT2D eigenvalue weighted by Crippen LogP contribution is 2.20. The van der Waals surface area contributed by atoms with Crippen molar-refractivity contribution in [3.05, 3.63) is 41.3 Å². The summed E-state index contributed by atoms with van der Waals surface area (Å²) >= 11 is 6.04. The van der Waals surface area contributed by atoms with Gasteiger partial charge >= 0.3 is 0 Å². The third-order valence-electron chi connectivity index (χ3n) is 3.64. The molecule has 1 fully saturated rings. The summed E-state index contributed by atoms with van der Waals surface area (Å²) in [5, 5.41) is 10.2. The highest BCUT2D eigenvalue weighted by atomic mass is 35.5. The lowest BCUT2D eigenvalue weighted by molar-refractivity contribution is -0.140. The Kier molecular flexibility index (Phi) is 5.20. The third kappa shape index (κ3) is 3.95. The van der Waals surface area contributed by atoms with Crippen LogP contribution in [0.2, 0.25) is 5.02 Å². The maximum atomic E-state index is 12.2. The van der Waals surface area contributed by atoms with Gasteiger partial charge in [0.05, 0.1) is 12.5 Å². The van der Waals surface area contributed by atoms with Crippen molar-refractivity contribution in [3.63, 3.8) is 0 Å². The van der Waals surface area contributed by atoms with Crippen molar-refractivity contribution in [2.24, 2.45) is 5.73 Å². The molecule has 0 aliphatic carbocycles. The monoisotopic (exact) mass is 309 g/mol. The Bertz CT molecular complexity index is 535. The van der Waals surface area contributed by atoms with Gasteiger partial charge in [0.15, 0.2) is 0 Å². The first-order chi connectivity index (χ1) is 9.99. The molecule has 1 radical (unpaired) electrons. The molecule has 6 heteroatoms. The van der Waals surface area contributed by atoms with Crippen LogP contribution in [0.15, 0.2) is 24.3 Å². The summed E-state index contributed by atoms with van der Waals surface area (Å²) < 4.78 is 0. The van der Waals surface area contributed by atoms with E-state index in [1.807, 2.05) is 18.2 Å². The smallest absolute Gasteiger partial charge is 0.240 e. The number of piperidine rings is 1. The lowest BCUT2D eigenvalue weighted by Crippen LogP contribution is -2.53. The van der Waals surface area contributed by atoms with Crippen LogP contribution in [0, 0.1) is 6.42 Å². The number of carbonyl (C=O) groups is 2. The molecule has 1 aliphatic rings. The van der Waals surface area contributed by atoms with E-state index in [1.54, 1.807) is 6.07 Å². The fourth-order valence-corrected chi connectivity index (χ4v) is 2.67. The van der Waals surface area contributed by atoms with Gasteiger partial charge in [-0.15, -0.1) is 0 Å². The molecule has 1 aliphatic heterocycles. The second-order valence-electron chi connectivity index (χ2n) is 5.13. The predicted octanol–water partition coefficient (Wildman–Crippen LogP) is 0.924. The van der Waals surface area contributed by atoms with Crippen LogP contribution in [-0.4, -0.2) is 40.5 Å². The molecular formula is C15H18ClN2O3. The first-order valence-electron chi connectivity index (χ1n) is 6.83. The van der Waals surface area contributed by atoms with Gasteiger partial charge in [0.25, 0.3) is 0 Å². The standard InChI is InChI=1S/C15H18ClN2O3/c16-12-4-2-1-3-10(12)5-6-14(20)18-8-7-11(19)9-13(18)15(17)21/h1-4,6,11,13,19H,5,7-9H2,(H2,17,21). The molecule has 0 spiro atoms. The van der Waals surface area contributed by atoms with Gasteiger partial charge in [-0.3, -0.25) is 9.59 Å². The number of amides is 2. The Hall–Kier alpha value is -1.59. The second kappa shape index (κ2) is 6.91. The van der Waals surface area contributed by atoms with E-state index in [0.717, 1.165) is 5.56 Å². The lowest BCUT2D eigenvalue weighted by Gasteiger charge is -2.36. The van der Waals surface area contributed by atoms with Crippen molar-refractivity contribution < 1.29 is 14.7 Å². The van der Waals surface area contributed by atoms with E-state index in [0.29, 0.717) is 24.4 Å². The molecule has 1 saturated heterocycles. The van der Waals surface area contributed by atoms with Gasteiger partial charge in [-0.2, -0.15) is 0 Å². The Balaban J connectivity index is 1.99. The summed E-state index contributed by atoms with van der Waals surface area (Å²) in [5.74, 6) is -0.848. The largest absolute Gasteiger partial charge is 0.393 e. The Labute approximate surface area is 128 Å². The fourth-order valence-electron chi connectivity index (χ4n) is 2.46. The minimum absolute atomic E-state index is 0.195. The minimum atomic E-state index is -0.747. The number of nitrogens with zero attached hydrogens (tertiary/aromatic N) is 1. The van der Waals surface area contributed by atoms with Crippen LogP contribution >= 0.6 is 11.6 Å². The molecule has 2 unspecified atom stereocenters. The number of primary amides is 1. The van der Waals surface area contributed by atoms with E-state index >= 15 is 0 Å². The van der Waals surface area contributed by atoms with Crippen molar-refractivity contribution in [2.45, 2.75) is 31.4 Å². The number of rotatable bonds is 4. The summed E-state index contributed by atoms with van der Waals surface area (Å²) in [5.41, 5.74) is 6.16. The molecule has 5 nitrogen and oxygen atoms in total. The number of likely N-dealkylation sites (tertiary alicyclic amines) is 1. The van der Waals surface area contributed by atoms with Crippen LogP contribution in [0.5, 0.6) is 0 Å². The maximum Gasteiger partial charge on any atom is 0.240 e. The van der Waals surface area contributed by atoms with E-state index in [9.17, 15) is 14.7 Å². The molecule has 0 aromatic heterocycles.